The van der Waals surface area contributed by atoms with Crippen molar-refractivity contribution in [1.29, 1.82) is 0 Å². The normalized spacial score (nSPS) is 22.8. The molecule has 0 bridgehead atoms. The Kier molecular flexibility index (Phi) is 3.12. The smallest absolute Gasteiger partial charge is 0.0457 e. The Bertz CT molecular complexity index is 500. The van der Waals surface area contributed by atoms with Crippen molar-refractivity contribution >= 4 is 22.7 Å². The number of aromatic amines is 1. The van der Waals surface area contributed by atoms with Gasteiger partial charge in [-0.15, -0.1) is 0 Å². The first-order chi connectivity index (χ1) is 8.36. The number of para-hydroxylation sites is 1. The third-order valence-electron chi connectivity index (χ3n) is 3.60. The average molecular weight is 246 g/mol. The quantitative estimate of drug-likeness (QED) is 0.852. The van der Waals surface area contributed by atoms with E-state index >= 15 is 0 Å². The van der Waals surface area contributed by atoms with Gasteiger partial charge in [-0.2, -0.15) is 11.8 Å². The largest absolute Gasteiger partial charge is 0.361 e. The van der Waals surface area contributed by atoms with E-state index in [1.54, 1.807) is 0 Å². The molecule has 0 amide bonds. The number of hydrogen-bond donors (Lipinski definition) is 2. The lowest BCUT2D eigenvalue weighted by atomic mass is 10.00. The molecule has 1 fully saturated rings. The number of nitrogens with one attached hydrogen (secondary N) is 1. The Morgan fingerprint density at radius 3 is 3.00 bits per heavy atom. The van der Waals surface area contributed by atoms with E-state index in [-0.39, 0.29) is 6.04 Å². The van der Waals surface area contributed by atoms with E-state index in [4.69, 9.17) is 5.73 Å². The van der Waals surface area contributed by atoms with Gasteiger partial charge in [-0.3, -0.25) is 0 Å². The molecule has 2 heterocycles. The molecular weight excluding hydrogens is 228 g/mol. The van der Waals surface area contributed by atoms with Crippen LogP contribution in [-0.2, 0) is 0 Å². The molecule has 3 N–H and O–H groups in total. The van der Waals surface area contributed by atoms with Crippen molar-refractivity contribution < 1.29 is 0 Å². The predicted octanol–water partition coefficient (Wildman–Crippen LogP) is 3.45. The molecule has 1 aliphatic heterocycles. The molecule has 1 aromatic carbocycles. The fraction of sp³-hybridized carbons (Fsp3) is 0.429. The Hall–Kier alpha value is -0.930. The Morgan fingerprint density at radius 1 is 1.29 bits per heavy atom. The second kappa shape index (κ2) is 4.75. The van der Waals surface area contributed by atoms with Gasteiger partial charge in [0.2, 0.25) is 0 Å². The van der Waals surface area contributed by atoms with E-state index in [0.717, 1.165) is 0 Å². The first kappa shape index (κ1) is 11.2. The van der Waals surface area contributed by atoms with E-state index < -0.39 is 0 Å². The van der Waals surface area contributed by atoms with Crippen LogP contribution in [0.1, 0.15) is 30.9 Å². The molecule has 2 unspecified atom stereocenters. The summed E-state index contributed by atoms with van der Waals surface area (Å²) >= 11 is 2.04. The standard InChI is InChI=1S/C14H18N2S/c15-14(13-7-3-4-8-17-13)11-9-16-12-6-2-1-5-10(11)12/h1-2,5-6,9,13-14,16H,3-4,7-8,15H2. The number of rotatable bonds is 2. The summed E-state index contributed by atoms with van der Waals surface area (Å²) < 4.78 is 0. The summed E-state index contributed by atoms with van der Waals surface area (Å²) in [6.45, 7) is 0. The lowest BCUT2D eigenvalue weighted by Crippen LogP contribution is -2.25. The highest BCUT2D eigenvalue weighted by atomic mass is 32.2. The van der Waals surface area contributed by atoms with E-state index in [0.29, 0.717) is 5.25 Å². The van der Waals surface area contributed by atoms with Crippen molar-refractivity contribution in [3.05, 3.63) is 36.0 Å². The van der Waals surface area contributed by atoms with Gasteiger partial charge < -0.3 is 10.7 Å². The minimum absolute atomic E-state index is 0.163. The van der Waals surface area contributed by atoms with Crippen molar-refractivity contribution in [2.24, 2.45) is 5.73 Å². The van der Waals surface area contributed by atoms with Crippen LogP contribution in [0.3, 0.4) is 0 Å². The maximum absolute atomic E-state index is 6.44. The van der Waals surface area contributed by atoms with Gasteiger partial charge in [-0.1, -0.05) is 24.6 Å². The second-order valence-electron chi connectivity index (χ2n) is 4.72. The topological polar surface area (TPSA) is 41.8 Å². The number of nitrogens with two attached hydrogens (primary N) is 1. The highest BCUT2D eigenvalue weighted by Crippen LogP contribution is 2.35. The zero-order valence-corrected chi connectivity index (χ0v) is 10.7. The first-order valence-corrected chi connectivity index (χ1v) is 7.34. The minimum atomic E-state index is 0.163. The molecule has 0 aliphatic carbocycles. The van der Waals surface area contributed by atoms with Gasteiger partial charge in [0.25, 0.3) is 0 Å². The summed E-state index contributed by atoms with van der Waals surface area (Å²) in [4.78, 5) is 3.32. The number of thioether (sulfide) groups is 1. The van der Waals surface area contributed by atoms with Gasteiger partial charge >= 0.3 is 0 Å². The fourth-order valence-electron chi connectivity index (χ4n) is 2.62. The molecule has 1 aromatic heterocycles. The molecule has 2 atom stereocenters. The molecule has 3 rings (SSSR count). The number of benzene rings is 1. The predicted molar refractivity (Wildman–Crippen MR) is 75.3 cm³/mol. The van der Waals surface area contributed by atoms with Crippen molar-refractivity contribution in [3.63, 3.8) is 0 Å². The number of hydrogen-bond acceptors (Lipinski definition) is 2. The Morgan fingerprint density at radius 2 is 2.18 bits per heavy atom. The van der Waals surface area contributed by atoms with Crippen molar-refractivity contribution in [1.82, 2.24) is 4.98 Å². The van der Waals surface area contributed by atoms with Crippen LogP contribution in [-0.4, -0.2) is 16.0 Å². The zero-order valence-electron chi connectivity index (χ0n) is 9.86. The van der Waals surface area contributed by atoms with Gasteiger partial charge in [0.15, 0.2) is 0 Å². The summed E-state index contributed by atoms with van der Waals surface area (Å²) in [5.74, 6) is 1.26. The van der Waals surface area contributed by atoms with E-state index in [9.17, 15) is 0 Å². The monoisotopic (exact) mass is 246 g/mol. The van der Waals surface area contributed by atoms with Gasteiger partial charge in [0.1, 0.15) is 0 Å². The maximum Gasteiger partial charge on any atom is 0.0457 e. The van der Waals surface area contributed by atoms with Crippen LogP contribution in [0.4, 0.5) is 0 Å². The van der Waals surface area contributed by atoms with E-state index in [1.807, 2.05) is 11.8 Å². The average Bonchev–Trinajstić information content (AvgIpc) is 2.83. The van der Waals surface area contributed by atoms with Crippen LogP contribution in [0.25, 0.3) is 10.9 Å². The molecule has 0 saturated carbocycles. The highest BCUT2D eigenvalue weighted by molar-refractivity contribution is 8.00. The molecular formula is C14H18N2S. The van der Waals surface area contributed by atoms with Crippen LogP contribution >= 0.6 is 11.8 Å². The number of fused-ring (bicyclic) bond motifs is 1. The summed E-state index contributed by atoms with van der Waals surface area (Å²) in [6, 6.07) is 8.58. The molecule has 2 nitrogen and oxygen atoms in total. The lowest BCUT2D eigenvalue weighted by molar-refractivity contribution is 0.584. The fourth-order valence-corrected chi connectivity index (χ4v) is 3.98. The molecule has 0 radical (unpaired) electrons. The van der Waals surface area contributed by atoms with Crippen molar-refractivity contribution in [3.8, 4) is 0 Å². The second-order valence-corrected chi connectivity index (χ2v) is 6.07. The van der Waals surface area contributed by atoms with Gasteiger partial charge in [-0.05, 0) is 30.2 Å². The van der Waals surface area contributed by atoms with Crippen LogP contribution in [0, 0.1) is 0 Å². The van der Waals surface area contributed by atoms with Crippen LogP contribution < -0.4 is 5.73 Å². The lowest BCUT2D eigenvalue weighted by Gasteiger charge is -2.26. The zero-order chi connectivity index (χ0) is 11.7. The SMILES string of the molecule is NC(c1c[nH]c2ccccc12)C1CCCCS1. The van der Waals surface area contributed by atoms with Crippen LogP contribution in [0.2, 0.25) is 0 Å². The van der Waals surface area contributed by atoms with Gasteiger partial charge in [0, 0.05) is 28.4 Å². The Labute approximate surface area is 106 Å². The molecule has 1 aliphatic rings. The molecule has 2 aromatic rings. The van der Waals surface area contributed by atoms with E-state index in [1.165, 1.54) is 41.5 Å². The summed E-state index contributed by atoms with van der Waals surface area (Å²) in [6.07, 6.45) is 6.02. The minimum Gasteiger partial charge on any atom is -0.361 e. The summed E-state index contributed by atoms with van der Waals surface area (Å²) in [5, 5.41) is 1.87. The summed E-state index contributed by atoms with van der Waals surface area (Å²) in [5.41, 5.74) is 8.91. The molecule has 90 valence electrons. The molecule has 0 spiro atoms. The molecule has 1 saturated heterocycles. The van der Waals surface area contributed by atoms with Crippen molar-refractivity contribution in [2.45, 2.75) is 30.6 Å². The van der Waals surface area contributed by atoms with Gasteiger partial charge in [-0.25, -0.2) is 0 Å². The third kappa shape index (κ3) is 2.09. The maximum atomic E-state index is 6.44. The van der Waals surface area contributed by atoms with E-state index in [2.05, 4.69) is 35.4 Å². The number of H-pyrrole nitrogens is 1. The summed E-state index contributed by atoms with van der Waals surface area (Å²) in [7, 11) is 0. The third-order valence-corrected chi connectivity index (χ3v) is 5.08. The van der Waals surface area contributed by atoms with Crippen molar-refractivity contribution in [2.75, 3.05) is 5.75 Å². The highest BCUT2D eigenvalue weighted by Gasteiger charge is 2.24. The van der Waals surface area contributed by atoms with Gasteiger partial charge in [0.05, 0.1) is 0 Å². The van der Waals surface area contributed by atoms with Crippen LogP contribution in [0.5, 0.6) is 0 Å². The van der Waals surface area contributed by atoms with Crippen LogP contribution in [0.15, 0.2) is 30.5 Å². The Balaban J connectivity index is 1.92. The molecule has 17 heavy (non-hydrogen) atoms. The first-order valence-electron chi connectivity index (χ1n) is 6.29. The molecule has 3 heteroatoms. The number of aromatic nitrogens is 1.